The van der Waals surface area contributed by atoms with Crippen molar-refractivity contribution < 1.29 is 13.2 Å². The summed E-state index contributed by atoms with van der Waals surface area (Å²) in [6, 6.07) is 1.85. The highest BCUT2D eigenvalue weighted by Crippen LogP contribution is 2.02. The standard InChI is InChI=1S/C10H18N4O3S/c15-18(16,14-7-9-17-10-8-14)12-4-2-6-13-5-1-3-11-13/h1,3,5,12H,2,4,6-10H2. The fourth-order valence-corrected chi connectivity index (χ4v) is 2.97. The Labute approximate surface area is 107 Å². The second-order valence-corrected chi connectivity index (χ2v) is 5.79. The monoisotopic (exact) mass is 274 g/mol. The van der Waals surface area contributed by atoms with Gasteiger partial charge in [0.25, 0.3) is 10.2 Å². The van der Waals surface area contributed by atoms with Gasteiger partial charge in [-0.05, 0) is 12.5 Å². The Bertz CT molecular complexity index is 440. The lowest BCUT2D eigenvalue weighted by molar-refractivity contribution is 0.0725. The summed E-state index contributed by atoms with van der Waals surface area (Å²) in [7, 11) is -3.35. The molecule has 18 heavy (non-hydrogen) atoms. The molecule has 0 atom stereocenters. The first-order chi connectivity index (χ1) is 8.68. The van der Waals surface area contributed by atoms with E-state index in [2.05, 4.69) is 9.82 Å². The maximum Gasteiger partial charge on any atom is 0.279 e. The Balaban J connectivity index is 1.71. The zero-order valence-electron chi connectivity index (χ0n) is 10.2. The van der Waals surface area contributed by atoms with Gasteiger partial charge in [0, 0.05) is 38.6 Å². The summed E-state index contributed by atoms with van der Waals surface area (Å²) in [5, 5.41) is 4.05. The molecule has 1 aliphatic rings. The van der Waals surface area contributed by atoms with Gasteiger partial charge in [-0.2, -0.15) is 17.8 Å². The largest absolute Gasteiger partial charge is 0.379 e. The molecule has 8 heteroatoms. The van der Waals surface area contributed by atoms with Crippen LogP contribution in [0.4, 0.5) is 0 Å². The highest BCUT2D eigenvalue weighted by atomic mass is 32.2. The zero-order chi connectivity index (χ0) is 12.8. The number of nitrogens with zero attached hydrogens (tertiary/aromatic N) is 3. The van der Waals surface area contributed by atoms with Gasteiger partial charge in [0.1, 0.15) is 0 Å². The summed E-state index contributed by atoms with van der Waals surface area (Å²) < 4.78 is 34.7. The van der Waals surface area contributed by atoms with Crippen molar-refractivity contribution in [1.82, 2.24) is 18.8 Å². The van der Waals surface area contributed by atoms with Gasteiger partial charge in [0.15, 0.2) is 0 Å². The van der Waals surface area contributed by atoms with Crippen LogP contribution < -0.4 is 4.72 Å². The third-order valence-electron chi connectivity index (χ3n) is 2.72. The van der Waals surface area contributed by atoms with Crippen LogP contribution in [0.1, 0.15) is 6.42 Å². The third-order valence-corrected chi connectivity index (χ3v) is 4.33. The lowest BCUT2D eigenvalue weighted by atomic mass is 10.4. The van der Waals surface area contributed by atoms with E-state index < -0.39 is 10.2 Å². The molecule has 0 aliphatic carbocycles. The van der Waals surface area contributed by atoms with E-state index in [4.69, 9.17) is 4.74 Å². The Morgan fingerprint density at radius 2 is 2.11 bits per heavy atom. The van der Waals surface area contributed by atoms with E-state index in [1.54, 1.807) is 10.9 Å². The van der Waals surface area contributed by atoms with Crippen LogP contribution >= 0.6 is 0 Å². The van der Waals surface area contributed by atoms with Crippen LogP contribution in [0.3, 0.4) is 0 Å². The molecule has 1 N–H and O–H groups in total. The normalized spacial score (nSPS) is 18.0. The number of rotatable bonds is 6. The summed E-state index contributed by atoms with van der Waals surface area (Å²) in [6.07, 6.45) is 4.28. The minimum Gasteiger partial charge on any atom is -0.379 e. The van der Waals surface area contributed by atoms with Crippen molar-refractivity contribution >= 4 is 10.2 Å². The van der Waals surface area contributed by atoms with Gasteiger partial charge in [0.05, 0.1) is 13.2 Å². The first-order valence-corrected chi connectivity index (χ1v) is 7.42. The fraction of sp³-hybridized carbons (Fsp3) is 0.700. The summed E-state index contributed by atoms with van der Waals surface area (Å²) in [4.78, 5) is 0. The van der Waals surface area contributed by atoms with E-state index in [0.29, 0.717) is 45.8 Å². The molecule has 1 saturated heterocycles. The molecule has 0 radical (unpaired) electrons. The summed E-state index contributed by atoms with van der Waals surface area (Å²) in [6.45, 7) is 2.91. The molecule has 102 valence electrons. The SMILES string of the molecule is O=S(=O)(NCCCn1cccn1)N1CCOCC1. The molecule has 0 spiro atoms. The Morgan fingerprint density at radius 3 is 2.78 bits per heavy atom. The molecule has 0 saturated carbocycles. The van der Waals surface area contributed by atoms with Crippen molar-refractivity contribution in [1.29, 1.82) is 0 Å². The quantitative estimate of drug-likeness (QED) is 0.706. The number of morpholine rings is 1. The zero-order valence-corrected chi connectivity index (χ0v) is 11.0. The predicted molar refractivity (Wildman–Crippen MR) is 66.2 cm³/mol. The smallest absolute Gasteiger partial charge is 0.279 e. The van der Waals surface area contributed by atoms with E-state index in [1.165, 1.54) is 4.31 Å². The highest BCUT2D eigenvalue weighted by Gasteiger charge is 2.23. The lowest BCUT2D eigenvalue weighted by Crippen LogP contribution is -2.46. The molecule has 0 bridgehead atoms. The van der Waals surface area contributed by atoms with Crippen molar-refractivity contribution in [3.63, 3.8) is 0 Å². The second kappa shape index (κ2) is 6.28. The van der Waals surface area contributed by atoms with Crippen LogP contribution in [0.15, 0.2) is 18.5 Å². The fourth-order valence-electron chi connectivity index (χ4n) is 1.75. The molecule has 2 heterocycles. The Hall–Kier alpha value is -0.960. The molecule has 0 unspecified atom stereocenters. The molecule has 0 amide bonds. The van der Waals surface area contributed by atoms with Crippen LogP contribution in [-0.4, -0.2) is 55.4 Å². The molecular weight excluding hydrogens is 256 g/mol. The van der Waals surface area contributed by atoms with Gasteiger partial charge >= 0.3 is 0 Å². The second-order valence-electron chi connectivity index (χ2n) is 4.03. The van der Waals surface area contributed by atoms with Gasteiger partial charge in [0.2, 0.25) is 0 Å². The summed E-state index contributed by atoms with van der Waals surface area (Å²) >= 11 is 0. The number of ether oxygens (including phenoxy) is 1. The molecule has 1 aromatic heterocycles. The van der Waals surface area contributed by atoms with E-state index in [1.807, 2.05) is 12.3 Å². The van der Waals surface area contributed by atoms with Crippen molar-refractivity contribution in [3.8, 4) is 0 Å². The van der Waals surface area contributed by atoms with Crippen molar-refractivity contribution in [2.45, 2.75) is 13.0 Å². The van der Waals surface area contributed by atoms with E-state index in [-0.39, 0.29) is 0 Å². The summed E-state index contributed by atoms with van der Waals surface area (Å²) in [5.41, 5.74) is 0. The molecule has 1 fully saturated rings. The highest BCUT2D eigenvalue weighted by molar-refractivity contribution is 7.87. The molecule has 7 nitrogen and oxygen atoms in total. The van der Waals surface area contributed by atoms with E-state index in [0.717, 1.165) is 0 Å². The molecule has 1 aromatic rings. The average Bonchev–Trinajstić information content (AvgIpc) is 2.89. The van der Waals surface area contributed by atoms with Gasteiger partial charge in [-0.15, -0.1) is 0 Å². The van der Waals surface area contributed by atoms with Crippen LogP contribution in [0.25, 0.3) is 0 Å². The molecule has 2 rings (SSSR count). The molecule has 0 aromatic carbocycles. The first kappa shape index (κ1) is 13.5. The number of hydrogen-bond donors (Lipinski definition) is 1. The Morgan fingerprint density at radius 1 is 1.33 bits per heavy atom. The van der Waals surface area contributed by atoms with Crippen LogP contribution in [0.2, 0.25) is 0 Å². The number of hydrogen-bond acceptors (Lipinski definition) is 4. The van der Waals surface area contributed by atoms with E-state index >= 15 is 0 Å². The average molecular weight is 274 g/mol. The van der Waals surface area contributed by atoms with Crippen molar-refractivity contribution in [2.24, 2.45) is 0 Å². The topological polar surface area (TPSA) is 76.5 Å². The molecule has 1 aliphatic heterocycles. The number of nitrogens with one attached hydrogen (secondary N) is 1. The maximum atomic E-state index is 11.9. The van der Waals surface area contributed by atoms with E-state index in [9.17, 15) is 8.42 Å². The minimum atomic E-state index is -3.35. The predicted octanol–water partition coefficient (Wildman–Crippen LogP) is -0.560. The van der Waals surface area contributed by atoms with Gasteiger partial charge < -0.3 is 4.74 Å². The van der Waals surface area contributed by atoms with Gasteiger partial charge in [-0.25, -0.2) is 4.72 Å². The molecular formula is C10H18N4O3S. The summed E-state index contributed by atoms with van der Waals surface area (Å²) in [5.74, 6) is 0. The number of aryl methyl sites for hydroxylation is 1. The van der Waals surface area contributed by atoms with Crippen molar-refractivity contribution in [3.05, 3.63) is 18.5 Å². The van der Waals surface area contributed by atoms with Crippen LogP contribution in [0.5, 0.6) is 0 Å². The van der Waals surface area contributed by atoms with Crippen LogP contribution in [0, 0.1) is 0 Å². The third kappa shape index (κ3) is 3.77. The maximum absolute atomic E-state index is 11.9. The van der Waals surface area contributed by atoms with Gasteiger partial charge in [-0.1, -0.05) is 0 Å². The van der Waals surface area contributed by atoms with Gasteiger partial charge in [-0.3, -0.25) is 4.68 Å². The minimum absolute atomic E-state index is 0.416. The lowest BCUT2D eigenvalue weighted by Gasteiger charge is -2.26. The Kier molecular flexibility index (Phi) is 4.70. The first-order valence-electron chi connectivity index (χ1n) is 5.98. The van der Waals surface area contributed by atoms with Crippen LogP contribution in [-0.2, 0) is 21.5 Å². The number of aromatic nitrogens is 2. The van der Waals surface area contributed by atoms with Crippen molar-refractivity contribution in [2.75, 3.05) is 32.8 Å².